The first-order chi connectivity index (χ1) is 12.2. The van der Waals surface area contributed by atoms with Crippen LogP contribution in [0.4, 0.5) is 22.0 Å². The Balaban J connectivity index is 1.66. The zero-order chi connectivity index (χ0) is 17.2. The van der Waals surface area contributed by atoms with Crippen molar-refractivity contribution in [3.8, 4) is 0 Å². The van der Waals surface area contributed by atoms with E-state index in [9.17, 15) is 4.79 Å². The monoisotopic (exact) mass is 353 g/mol. The van der Waals surface area contributed by atoms with Crippen molar-refractivity contribution in [2.75, 3.05) is 23.3 Å². The summed E-state index contributed by atoms with van der Waals surface area (Å²) >= 11 is 1.62. The molecule has 3 aromatic rings. The van der Waals surface area contributed by atoms with Gasteiger partial charge in [-0.3, -0.25) is 4.90 Å². The van der Waals surface area contributed by atoms with Gasteiger partial charge in [0.1, 0.15) is 16.5 Å². The summed E-state index contributed by atoms with van der Waals surface area (Å²) in [5.41, 5.74) is 1.79. The molecule has 25 heavy (non-hydrogen) atoms. The highest BCUT2D eigenvalue weighted by molar-refractivity contribution is 7.16. The third kappa shape index (κ3) is 3.15. The van der Waals surface area contributed by atoms with Gasteiger partial charge in [-0.25, -0.2) is 14.8 Å². The number of carbonyl (C=O) groups is 1. The van der Waals surface area contributed by atoms with E-state index < -0.39 is 0 Å². The van der Waals surface area contributed by atoms with Crippen molar-refractivity contribution in [3.05, 3.63) is 41.5 Å². The summed E-state index contributed by atoms with van der Waals surface area (Å²) in [6.45, 7) is 3.52. The molecule has 1 aromatic carbocycles. The third-order valence-electron chi connectivity index (χ3n) is 4.19. The standard InChI is InChI=1S/C18H19N5OS/c1-2-15-21-16(14-7-10-25-17(14)22-15)20-12-5-3-6-13(11-12)23-9-4-8-19-18(23)24/h3,5-7,10-11H,2,4,8-9H2,1H3,(H,19,24)(H,20,21,22). The fourth-order valence-corrected chi connectivity index (χ4v) is 3.70. The zero-order valence-corrected chi connectivity index (χ0v) is 14.8. The van der Waals surface area contributed by atoms with Gasteiger partial charge in [0, 0.05) is 30.9 Å². The van der Waals surface area contributed by atoms with Crippen molar-refractivity contribution in [2.45, 2.75) is 19.8 Å². The number of hydrogen-bond acceptors (Lipinski definition) is 5. The van der Waals surface area contributed by atoms with Crippen molar-refractivity contribution in [1.29, 1.82) is 0 Å². The van der Waals surface area contributed by atoms with Crippen molar-refractivity contribution in [1.82, 2.24) is 15.3 Å². The van der Waals surface area contributed by atoms with Gasteiger partial charge in [0.05, 0.1) is 5.39 Å². The first kappa shape index (κ1) is 15.8. The minimum atomic E-state index is -0.0427. The first-order valence-corrected chi connectivity index (χ1v) is 9.29. The predicted octanol–water partition coefficient (Wildman–Crippen LogP) is 3.92. The highest BCUT2D eigenvalue weighted by Gasteiger charge is 2.19. The molecule has 0 bridgehead atoms. The lowest BCUT2D eigenvalue weighted by Gasteiger charge is -2.27. The Labute approximate surface area is 149 Å². The maximum atomic E-state index is 12.1. The molecule has 7 heteroatoms. The van der Waals surface area contributed by atoms with Gasteiger partial charge < -0.3 is 10.6 Å². The number of urea groups is 1. The van der Waals surface area contributed by atoms with Gasteiger partial charge in [-0.05, 0) is 36.1 Å². The van der Waals surface area contributed by atoms with Crippen LogP contribution in [0.15, 0.2) is 35.7 Å². The molecule has 0 unspecified atom stereocenters. The molecule has 1 aliphatic heterocycles. The van der Waals surface area contributed by atoms with Crippen LogP contribution in [0.3, 0.4) is 0 Å². The zero-order valence-electron chi connectivity index (χ0n) is 14.0. The number of nitrogens with zero attached hydrogens (tertiary/aromatic N) is 3. The molecule has 1 saturated heterocycles. The summed E-state index contributed by atoms with van der Waals surface area (Å²) in [4.78, 5) is 24.0. The summed E-state index contributed by atoms with van der Waals surface area (Å²) in [7, 11) is 0. The molecule has 128 valence electrons. The molecule has 0 spiro atoms. The SMILES string of the molecule is CCc1nc(Nc2cccc(N3CCCNC3=O)c2)c2ccsc2n1. The van der Waals surface area contributed by atoms with Gasteiger partial charge >= 0.3 is 6.03 Å². The Morgan fingerprint density at radius 1 is 1.32 bits per heavy atom. The Morgan fingerprint density at radius 3 is 3.08 bits per heavy atom. The van der Waals surface area contributed by atoms with Crippen LogP contribution in [0.1, 0.15) is 19.2 Å². The maximum Gasteiger partial charge on any atom is 0.321 e. The van der Waals surface area contributed by atoms with Crippen molar-refractivity contribution in [2.24, 2.45) is 0 Å². The molecule has 2 aromatic heterocycles. The minimum Gasteiger partial charge on any atom is -0.340 e. The second kappa shape index (κ2) is 6.68. The molecule has 1 fully saturated rings. The number of rotatable bonds is 4. The van der Waals surface area contributed by atoms with Gasteiger partial charge in [-0.1, -0.05) is 13.0 Å². The molecule has 0 aliphatic carbocycles. The molecule has 2 N–H and O–H groups in total. The number of carbonyl (C=O) groups excluding carboxylic acids is 1. The molecule has 0 atom stereocenters. The van der Waals surface area contributed by atoms with Crippen LogP contribution < -0.4 is 15.5 Å². The van der Waals surface area contributed by atoms with E-state index in [-0.39, 0.29) is 6.03 Å². The number of anilines is 3. The minimum absolute atomic E-state index is 0.0427. The van der Waals surface area contributed by atoms with Crippen LogP contribution in [0.2, 0.25) is 0 Å². The smallest absolute Gasteiger partial charge is 0.321 e. The summed E-state index contributed by atoms with van der Waals surface area (Å²) < 4.78 is 0. The van der Waals surface area contributed by atoms with Crippen LogP contribution in [0, 0.1) is 0 Å². The Bertz CT molecular complexity index is 923. The normalized spacial score (nSPS) is 14.6. The molecule has 0 radical (unpaired) electrons. The van der Waals surface area contributed by atoms with Crippen molar-refractivity contribution >= 4 is 44.8 Å². The van der Waals surface area contributed by atoms with Crippen molar-refractivity contribution in [3.63, 3.8) is 0 Å². The quantitative estimate of drug-likeness (QED) is 0.746. The van der Waals surface area contributed by atoms with E-state index in [4.69, 9.17) is 0 Å². The summed E-state index contributed by atoms with van der Waals surface area (Å²) in [5, 5.41) is 9.33. The van der Waals surface area contributed by atoms with Crippen molar-refractivity contribution < 1.29 is 4.79 Å². The third-order valence-corrected chi connectivity index (χ3v) is 4.99. The lowest BCUT2D eigenvalue weighted by molar-refractivity contribution is 0.243. The fraction of sp³-hybridized carbons (Fsp3) is 0.278. The molecular weight excluding hydrogens is 334 g/mol. The first-order valence-electron chi connectivity index (χ1n) is 8.41. The number of aromatic nitrogens is 2. The molecule has 0 saturated carbocycles. The molecule has 6 nitrogen and oxygen atoms in total. The Morgan fingerprint density at radius 2 is 2.24 bits per heavy atom. The van der Waals surface area contributed by atoms with Crippen LogP contribution in [0.5, 0.6) is 0 Å². The maximum absolute atomic E-state index is 12.1. The van der Waals surface area contributed by atoms with Gasteiger partial charge in [-0.2, -0.15) is 0 Å². The molecule has 1 aliphatic rings. The second-order valence-electron chi connectivity index (χ2n) is 5.89. The van der Waals surface area contributed by atoms with E-state index in [1.165, 1.54) is 0 Å². The number of aryl methyl sites for hydroxylation is 1. The average Bonchev–Trinajstić information content (AvgIpc) is 3.11. The number of nitrogens with one attached hydrogen (secondary N) is 2. The van der Waals surface area contributed by atoms with Gasteiger partial charge in [0.2, 0.25) is 0 Å². The highest BCUT2D eigenvalue weighted by atomic mass is 32.1. The lowest BCUT2D eigenvalue weighted by Crippen LogP contribution is -2.46. The van der Waals surface area contributed by atoms with E-state index in [1.54, 1.807) is 16.2 Å². The molecular formula is C18H19N5OS. The van der Waals surface area contributed by atoms with E-state index in [0.717, 1.165) is 59.2 Å². The fourth-order valence-electron chi connectivity index (χ4n) is 2.92. The highest BCUT2D eigenvalue weighted by Crippen LogP contribution is 2.29. The van der Waals surface area contributed by atoms with E-state index in [0.29, 0.717) is 0 Å². The van der Waals surface area contributed by atoms with Crippen LogP contribution in [-0.2, 0) is 6.42 Å². The molecule has 2 amide bonds. The second-order valence-corrected chi connectivity index (χ2v) is 6.79. The summed E-state index contributed by atoms with van der Waals surface area (Å²) in [5.74, 6) is 1.63. The number of hydrogen-bond donors (Lipinski definition) is 2. The van der Waals surface area contributed by atoms with Gasteiger partial charge in [-0.15, -0.1) is 11.3 Å². The van der Waals surface area contributed by atoms with E-state index >= 15 is 0 Å². The van der Waals surface area contributed by atoms with E-state index in [1.807, 2.05) is 42.6 Å². The van der Waals surface area contributed by atoms with E-state index in [2.05, 4.69) is 20.6 Å². The van der Waals surface area contributed by atoms with Crippen LogP contribution in [0.25, 0.3) is 10.2 Å². The van der Waals surface area contributed by atoms with Gasteiger partial charge in [0.25, 0.3) is 0 Å². The number of amides is 2. The summed E-state index contributed by atoms with van der Waals surface area (Å²) in [6, 6.07) is 9.86. The summed E-state index contributed by atoms with van der Waals surface area (Å²) in [6.07, 6.45) is 1.74. The number of fused-ring (bicyclic) bond motifs is 1. The molecule has 4 rings (SSSR count). The Hall–Kier alpha value is -2.67. The average molecular weight is 353 g/mol. The lowest BCUT2D eigenvalue weighted by atomic mass is 10.2. The Kier molecular flexibility index (Phi) is 4.23. The predicted molar refractivity (Wildman–Crippen MR) is 102 cm³/mol. The van der Waals surface area contributed by atoms with Gasteiger partial charge in [0.15, 0.2) is 0 Å². The number of benzene rings is 1. The largest absolute Gasteiger partial charge is 0.340 e. The van der Waals surface area contributed by atoms with Crippen LogP contribution >= 0.6 is 11.3 Å². The number of thiophene rings is 1. The van der Waals surface area contributed by atoms with Crippen LogP contribution in [-0.4, -0.2) is 29.1 Å². The topological polar surface area (TPSA) is 70.2 Å². The molecule has 3 heterocycles.